The molecule has 0 spiro atoms. The molecule has 0 saturated carbocycles. The van der Waals surface area contributed by atoms with E-state index in [4.69, 9.17) is 4.74 Å². The van der Waals surface area contributed by atoms with Crippen molar-refractivity contribution in [3.63, 3.8) is 0 Å². The Morgan fingerprint density at radius 2 is 1.83 bits per heavy atom. The van der Waals surface area contributed by atoms with Gasteiger partial charge in [-0.1, -0.05) is 38.1 Å². The molecule has 1 heterocycles. The standard InChI is InChI=1S/C20H24N2O2/c1-3-15-9-11-16(12-10-15)24-14-13-22-18-8-6-5-7-17(18)21-20(22)19(23)4-2/h5-12,19,23H,3-4,13-14H2,1-2H3/t19-/m0/s1. The largest absolute Gasteiger partial charge is 0.492 e. The van der Waals surface area contributed by atoms with Crippen LogP contribution in [0.2, 0.25) is 0 Å². The van der Waals surface area contributed by atoms with Crippen molar-refractivity contribution in [1.82, 2.24) is 9.55 Å². The van der Waals surface area contributed by atoms with Gasteiger partial charge in [-0.15, -0.1) is 0 Å². The Morgan fingerprint density at radius 1 is 1.08 bits per heavy atom. The first-order valence-corrected chi connectivity index (χ1v) is 8.58. The van der Waals surface area contributed by atoms with E-state index in [0.717, 1.165) is 23.2 Å². The summed E-state index contributed by atoms with van der Waals surface area (Å²) in [6.45, 7) is 5.29. The Balaban J connectivity index is 1.76. The third-order valence-corrected chi connectivity index (χ3v) is 4.28. The van der Waals surface area contributed by atoms with Crippen LogP contribution in [0.3, 0.4) is 0 Å². The third kappa shape index (κ3) is 3.44. The lowest BCUT2D eigenvalue weighted by molar-refractivity contribution is 0.157. The number of ether oxygens (including phenoxy) is 1. The number of aryl methyl sites for hydroxylation is 1. The minimum absolute atomic E-state index is 0.537. The molecule has 4 heteroatoms. The Bertz CT molecular complexity index is 793. The molecule has 0 amide bonds. The number of aliphatic hydroxyl groups excluding tert-OH is 1. The van der Waals surface area contributed by atoms with Crippen LogP contribution in [0.25, 0.3) is 11.0 Å². The highest BCUT2D eigenvalue weighted by Crippen LogP contribution is 2.22. The van der Waals surface area contributed by atoms with E-state index in [1.165, 1.54) is 5.56 Å². The molecule has 1 N–H and O–H groups in total. The van der Waals surface area contributed by atoms with Crippen LogP contribution in [-0.4, -0.2) is 21.3 Å². The maximum absolute atomic E-state index is 10.3. The molecule has 24 heavy (non-hydrogen) atoms. The van der Waals surface area contributed by atoms with E-state index in [1.54, 1.807) is 0 Å². The number of aliphatic hydroxyl groups is 1. The van der Waals surface area contributed by atoms with Gasteiger partial charge >= 0.3 is 0 Å². The summed E-state index contributed by atoms with van der Waals surface area (Å²) < 4.78 is 7.93. The van der Waals surface area contributed by atoms with Gasteiger partial charge in [-0.25, -0.2) is 4.98 Å². The summed E-state index contributed by atoms with van der Waals surface area (Å²) in [5, 5.41) is 10.3. The molecule has 3 aromatic rings. The van der Waals surface area contributed by atoms with Gasteiger partial charge in [0.25, 0.3) is 0 Å². The van der Waals surface area contributed by atoms with Gasteiger partial charge in [0, 0.05) is 0 Å². The topological polar surface area (TPSA) is 47.3 Å². The monoisotopic (exact) mass is 324 g/mol. The van der Waals surface area contributed by atoms with Crippen LogP contribution in [0.15, 0.2) is 48.5 Å². The second-order valence-corrected chi connectivity index (χ2v) is 5.88. The van der Waals surface area contributed by atoms with Crippen LogP contribution in [0.4, 0.5) is 0 Å². The molecule has 1 aromatic heterocycles. The van der Waals surface area contributed by atoms with Crippen molar-refractivity contribution in [2.45, 2.75) is 39.3 Å². The molecule has 4 nitrogen and oxygen atoms in total. The summed E-state index contributed by atoms with van der Waals surface area (Å²) in [5.74, 6) is 1.58. The number of rotatable bonds is 7. The quantitative estimate of drug-likeness (QED) is 0.711. The first-order valence-electron chi connectivity index (χ1n) is 8.58. The van der Waals surface area contributed by atoms with Crippen LogP contribution in [0, 0.1) is 0 Å². The van der Waals surface area contributed by atoms with E-state index < -0.39 is 6.10 Å². The summed E-state index contributed by atoms with van der Waals surface area (Å²) in [6, 6.07) is 16.2. The average Bonchev–Trinajstić information content (AvgIpc) is 3.00. The second-order valence-electron chi connectivity index (χ2n) is 5.88. The molecule has 0 bridgehead atoms. The summed E-state index contributed by atoms with van der Waals surface area (Å²) in [4.78, 5) is 4.59. The van der Waals surface area contributed by atoms with E-state index in [0.29, 0.717) is 25.4 Å². The number of benzene rings is 2. The van der Waals surface area contributed by atoms with Gasteiger partial charge in [0.05, 0.1) is 17.6 Å². The number of fused-ring (bicyclic) bond motifs is 1. The average molecular weight is 324 g/mol. The number of imidazole rings is 1. The summed E-state index contributed by atoms with van der Waals surface area (Å²) in [6.07, 6.45) is 1.11. The van der Waals surface area contributed by atoms with Crippen LogP contribution in [-0.2, 0) is 13.0 Å². The zero-order valence-electron chi connectivity index (χ0n) is 14.3. The molecule has 2 aromatic carbocycles. The lowest BCUT2D eigenvalue weighted by Gasteiger charge is -2.13. The molecular weight excluding hydrogens is 300 g/mol. The molecule has 0 aliphatic rings. The first kappa shape index (κ1) is 16.5. The van der Waals surface area contributed by atoms with Gasteiger partial charge < -0.3 is 14.4 Å². The molecule has 1 atom stereocenters. The molecule has 0 unspecified atom stereocenters. The lowest BCUT2D eigenvalue weighted by atomic mass is 10.2. The van der Waals surface area contributed by atoms with Gasteiger partial charge in [0.15, 0.2) is 0 Å². The number of hydrogen-bond donors (Lipinski definition) is 1. The fourth-order valence-electron chi connectivity index (χ4n) is 2.84. The molecule has 0 radical (unpaired) electrons. The lowest BCUT2D eigenvalue weighted by Crippen LogP contribution is -2.13. The second kappa shape index (κ2) is 7.49. The van der Waals surface area contributed by atoms with Crippen molar-refractivity contribution in [3.05, 3.63) is 59.9 Å². The maximum atomic E-state index is 10.3. The summed E-state index contributed by atoms with van der Waals surface area (Å²) >= 11 is 0. The molecule has 126 valence electrons. The van der Waals surface area contributed by atoms with Crippen LogP contribution in [0.5, 0.6) is 5.75 Å². The molecule has 0 aliphatic heterocycles. The van der Waals surface area contributed by atoms with Crippen molar-refractivity contribution in [1.29, 1.82) is 0 Å². The third-order valence-electron chi connectivity index (χ3n) is 4.28. The molecule has 3 rings (SSSR count). The van der Waals surface area contributed by atoms with Crippen LogP contribution in [0.1, 0.15) is 37.8 Å². The summed E-state index contributed by atoms with van der Waals surface area (Å²) in [7, 11) is 0. The van der Waals surface area contributed by atoms with E-state index >= 15 is 0 Å². The highest BCUT2D eigenvalue weighted by atomic mass is 16.5. The highest BCUT2D eigenvalue weighted by molar-refractivity contribution is 5.76. The Kier molecular flexibility index (Phi) is 5.16. The van der Waals surface area contributed by atoms with Crippen molar-refractivity contribution in [2.75, 3.05) is 6.61 Å². The zero-order valence-corrected chi connectivity index (χ0v) is 14.3. The minimum atomic E-state index is -0.554. The molecule has 0 saturated heterocycles. The van der Waals surface area contributed by atoms with Gasteiger partial charge in [-0.05, 0) is 42.7 Å². The van der Waals surface area contributed by atoms with E-state index in [2.05, 4.69) is 28.6 Å². The van der Waals surface area contributed by atoms with Crippen molar-refractivity contribution < 1.29 is 9.84 Å². The SMILES string of the molecule is CCc1ccc(OCCn2c([C@@H](O)CC)nc3ccccc32)cc1. The van der Waals surface area contributed by atoms with Crippen LogP contribution >= 0.6 is 0 Å². The zero-order chi connectivity index (χ0) is 16.9. The van der Waals surface area contributed by atoms with E-state index in [9.17, 15) is 5.11 Å². The fraction of sp³-hybridized carbons (Fsp3) is 0.350. The van der Waals surface area contributed by atoms with Gasteiger partial charge in [-0.2, -0.15) is 0 Å². The van der Waals surface area contributed by atoms with Crippen molar-refractivity contribution in [3.8, 4) is 5.75 Å². The van der Waals surface area contributed by atoms with Gasteiger partial charge in [0.2, 0.25) is 0 Å². The maximum Gasteiger partial charge on any atom is 0.138 e. The highest BCUT2D eigenvalue weighted by Gasteiger charge is 2.16. The fourth-order valence-corrected chi connectivity index (χ4v) is 2.84. The number of para-hydroxylation sites is 2. The van der Waals surface area contributed by atoms with E-state index in [1.807, 2.05) is 43.3 Å². The Labute approximate surface area is 142 Å². The Morgan fingerprint density at radius 3 is 2.54 bits per heavy atom. The summed E-state index contributed by atoms with van der Waals surface area (Å²) in [5.41, 5.74) is 3.24. The predicted octanol–water partition coefficient (Wildman–Crippen LogP) is 4.12. The normalized spacial score (nSPS) is 12.5. The predicted molar refractivity (Wildman–Crippen MR) is 96.3 cm³/mol. The number of nitrogens with zero attached hydrogens (tertiary/aromatic N) is 2. The number of aromatic nitrogens is 2. The molecule has 0 aliphatic carbocycles. The van der Waals surface area contributed by atoms with E-state index in [-0.39, 0.29) is 0 Å². The van der Waals surface area contributed by atoms with Gasteiger partial charge in [0.1, 0.15) is 24.3 Å². The van der Waals surface area contributed by atoms with Gasteiger partial charge in [-0.3, -0.25) is 0 Å². The minimum Gasteiger partial charge on any atom is -0.492 e. The Hall–Kier alpha value is -2.33. The smallest absolute Gasteiger partial charge is 0.138 e. The first-order chi connectivity index (χ1) is 11.7. The van der Waals surface area contributed by atoms with Crippen molar-refractivity contribution in [2.24, 2.45) is 0 Å². The van der Waals surface area contributed by atoms with Crippen LogP contribution < -0.4 is 4.74 Å². The number of hydrogen-bond acceptors (Lipinski definition) is 3. The molecular formula is C20H24N2O2. The van der Waals surface area contributed by atoms with Crippen molar-refractivity contribution >= 4 is 11.0 Å². The molecule has 0 fully saturated rings.